The number of aliphatic hydroxyl groups excluding tert-OH is 4. The van der Waals surface area contributed by atoms with Crippen LogP contribution in [0.2, 0.25) is 0 Å². The summed E-state index contributed by atoms with van der Waals surface area (Å²) < 4.78 is 38.1. The van der Waals surface area contributed by atoms with Crippen LogP contribution in [0, 0.1) is 29.6 Å². The smallest absolute Gasteiger partial charge is 0.343 e. The third-order valence-electron chi connectivity index (χ3n) is 16.7. The summed E-state index contributed by atoms with van der Waals surface area (Å²) >= 11 is 0. The molecule has 0 aromatic heterocycles. The largest absolute Gasteiger partial charge is 0.482 e. The van der Waals surface area contributed by atoms with E-state index in [4.69, 9.17) is 33.4 Å². The highest BCUT2D eigenvalue weighted by Gasteiger charge is 2.78. The molecule has 4 heterocycles. The van der Waals surface area contributed by atoms with Crippen molar-refractivity contribution in [3.63, 3.8) is 0 Å². The molecule has 12 atom stereocenters. The topological polar surface area (TPSA) is 237 Å². The lowest BCUT2D eigenvalue weighted by Gasteiger charge is -2.66. The minimum Gasteiger partial charge on any atom is -0.482 e. The number of hydrogen-bond donors (Lipinski definition) is 5. The Morgan fingerprint density at radius 3 is 2.26 bits per heavy atom. The molecule has 7 unspecified atom stereocenters. The Bertz CT molecular complexity index is 3150. The van der Waals surface area contributed by atoms with Gasteiger partial charge in [0.05, 0.1) is 47.7 Å². The second kappa shape index (κ2) is 20.0. The molecule has 1 saturated heterocycles. The minimum atomic E-state index is -2.32. The molecule has 3 saturated carbocycles. The first-order valence-corrected chi connectivity index (χ1v) is 26.4. The van der Waals surface area contributed by atoms with Crippen LogP contribution in [-0.4, -0.2) is 116 Å². The fraction of sp³-hybridized carbons (Fsp3) is 0.459. The molecule has 0 amide bonds. The van der Waals surface area contributed by atoms with Gasteiger partial charge < -0.3 is 54.0 Å². The van der Waals surface area contributed by atoms with E-state index in [1.54, 1.807) is 19.1 Å². The van der Waals surface area contributed by atoms with Crippen LogP contribution in [0.3, 0.4) is 0 Å². The third kappa shape index (κ3) is 8.63. The van der Waals surface area contributed by atoms with Crippen molar-refractivity contribution in [2.24, 2.45) is 34.6 Å². The second-order valence-electron chi connectivity index (χ2n) is 22.5. The van der Waals surface area contributed by atoms with Crippen molar-refractivity contribution in [2.75, 3.05) is 13.7 Å². The highest BCUT2D eigenvalue weighted by Crippen LogP contribution is 2.70. The summed E-state index contributed by atoms with van der Waals surface area (Å²) in [6.45, 7) is 14.9. The monoisotopic (exact) mass is 1050 g/mol. The first-order chi connectivity index (χ1) is 36.6. The molecule has 16 heteroatoms. The van der Waals surface area contributed by atoms with E-state index >= 15 is 4.79 Å². The number of Topliss-reactive ketones (excluding diaryl/α,β-unsaturated/α-hetero) is 2. The molecule has 2 bridgehead atoms. The molecule has 406 valence electrons. The van der Waals surface area contributed by atoms with Gasteiger partial charge in [0.25, 0.3) is 0 Å². The fourth-order valence-electron chi connectivity index (χ4n) is 12.8. The lowest BCUT2D eigenvalue weighted by atomic mass is 9.42. The van der Waals surface area contributed by atoms with Gasteiger partial charge in [-0.3, -0.25) is 14.6 Å². The van der Waals surface area contributed by atoms with Crippen molar-refractivity contribution in [3.05, 3.63) is 129 Å². The number of nitrogens with zero attached hydrogens (tertiary/aromatic N) is 1. The molecule has 4 fully saturated rings. The molecule has 0 radical (unpaired) electrons. The van der Waals surface area contributed by atoms with E-state index in [0.29, 0.717) is 57.8 Å². The molecule has 1 spiro atoms. The van der Waals surface area contributed by atoms with Crippen LogP contribution in [0.5, 0.6) is 23.0 Å². The summed E-state index contributed by atoms with van der Waals surface area (Å²) in [5, 5.41) is 54.9. The van der Waals surface area contributed by atoms with E-state index in [-0.39, 0.29) is 64.9 Å². The van der Waals surface area contributed by atoms with Crippen molar-refractivity contribution in [1.82, 2.24) is 0 Å². The van der Waals surface area contributed by atoms with E-state index in [1.807, 2.05) is 78.8 Å². The first-order valence-electron chi connectivity index (χ1n) is 26.4. The number of carbonyl (C=O) groups excluding carboxylic acids is 4. The predicted octanol–water partition coefficient (Wildman–Crippen LogP) is 7.39. The maximum Gasteiger partial charge on any atom is 0.343 e. The molecular formula is C61H67NO15. The van der Waals surface area contributed by atoms with Gasteiger partial charge in [0.2, 0.25) is 6.29 Å². The van der Waals surface area contributed by atoms with Gasteiger partial charge in [-0.15, -0.1) is 0 Å². The van der Waals surface area contributed by atoms with Crippen LogP contribution in [-0.2, 0) is 25.5 Å². The number of ketones is 2. The number of ether oxygens (including phenoxy) is 6. The highest BCUT2D eigenvalue weighted by atomic mass is 16.7. The third-order valence-corrected chi connectivity index (χ3v) is 16.7. The van der Waals surface area contributed by atoms with Crippen molar-refractivity contribution in [2.45, 2.75) is 135 Å². The summed E-state index contributed by atoms with van der Waals surface area (Å²) in [5.74, 6) is -4.88. The quantitative estimate of drug-likeness (QED) is 0.0458. The van der Waals surface area contributed by atoms with Crippen molar-refractivity contribution in [1.29, 1.82) is 0 Å². The van der Waals surface area contributed by atoms with Crippen LogP contribution in [0.15, 0.2) is 100 Å². The maximum atomic E-state index is 15.7. The highest BCUT2D eigenvalue weighted by molar-refractivity contribution is 6.31. The summed E-state index contributed by atoms with van der Waals surface area (Å²) in [4.78, 5) is 64.0. The summed E-state index contributed by atoms with van der Waals surface area (Å²) in [5.41, 5.74) is 0.790. The number of aliphatic imine (C=N–C) groups is 1. The van der Waals surface area contributed by atoms with Gasteiger partial charge >= 0.3 is 11.9 Å². The predicted molar refractivity (Wildman–Crippen MR) is 283 cm³/mol. The Morgan fingerprint density at radius 1 is 0.896 bits per heavy atom. The number of hydrogen-bond acceptors (Lipinski definition) is 16. The second-order valence-corrected chi connectivity index (χ2v) is 22.5. The average molecular weight is 1050 g/mol. The molecule has 11 rings (SSSR count). The number of benzene rings is 3. The zero-order chi connectivity index (χ0) is 55.2. The van der Waals surface area contributed by atoms with Crippen molar-refractivity contribution >= 4 is 41.0 Å². The number of rotatable bonds is 14. The fourth-order valence-corrected chi connectivity index (χ4v) is 12.8. The first kappa shape index (κ1) is 53.9. The molecule has 4 aliphatic heterocycles. The van der Waals surface area contributed by atoms with E-state index < -0.39 is 95.5 Å². The van der Waals surface area contributed by atoms with E-state index in [2.05, 4.69) is 6.08 Å². The molecule has 3 aromatic carbocycles. The van der Waals surface area contributed by atoms with Crippen molar-refractivity contribution < 1.29 is 73.1 Å². The Kier molecular flexibility index (Phi) is 14.0. The molecular weight excluding hydrogens is 987 g/mol. The van der Waals surface area contributed by atoms with Crippen LogP contribution >= 0.6 is 0 Å². The molecule has 3 aromatic rings. The lowest BCUT2D eigenvalue weighted by molar-refractivity contribution is -0.277. The van der Waals surface area contributed by atoms with Gasteiger partial charge in [0.1, 0.15) is 47.3 Å². The molecule has 4 aliphatic carbocycles. The van der Waals surface area contributed by atoms with Gasteiger partial charge in [0.15, 0.2) is 28.5 Å². The zero-order valence-corrected chi connectivity index (χ0v) is 44.8. The number of allylic oxidation sites excluding steroid dienone is 4. The number of esters is 2. The number of methoxy groups -OCH3 is 1. The van der Waals surface area contributed by atoms with Crippen LogP contribution < -0.4 is 18.9 Å². The molecule has 5 N–H and O–H groups in total. The number of fused-ring (bicyclic) bond motifs is 8. The Labute approximate surface area is 447 Å². The molecule has 16 nitrogen and oxygen atoms in total. The SMILES string of the molecule is COC(=O)C(C)=CCC1(O)C(=O)C2CC(C(C)C)C13Oc1c(CC=C(C)C)c4c(c(OC(=O)c5ccc(O[C@@H]6O[C@H](CO)[C@@H](O)[C@H](O)[C@H]6O)cc5)c1C1=C3C2C2C(=O)c3ccccc3C2=N1)C=CC(C)(CCC=C(C)C)O4. The number of aliphatic hydroxyl groups is 5. The van der Waals surface area contributed by atoms with E-state index in [0.717, 1.165) is 11.1 Å². The molecule has 77 heavy (non-hydrogen) atoms. The maximum absolute atomic E-state index is 15.7. The van der Waals surface area contributed by atoms with Gasteiger partial charge in [-0.05, 0) is 110 Å². The van der Waals surface area contributed by atoms with Crippen LogP contribution in [0.25, 0.3) is 11.8 Å². The number of carbonyl (C=O) groups is 4. The van der Waals surface area contributed by atoms with E-state index in [1.165, 1.54) is 37.5 Å². The Morgan fingerprint density at radius 2 is 1.60 bits per heavy atom. The van der Waals surface area contributed by atoms with E-state index in [9.17, 15) is 39.9 Å². The molecule has 8 aliphatic rings. The zero-order valence-electron chi connectivity index (χ0n) is 44.8. The summed E-state index contributed by atoms with van der Waals surface area (Å²) in [6, 6.07) is 13.0. The summed E-state index contributed by atoms with van der Waals surface area (Å²) in [6.07, 6.45) is 3.32. The Balaban J connectivity index is 1.22. The normalized spacial score (nSPS) is 31.2. The van der Waals surface area contributed by atoms with Crippen LogP contribution in [0.4, 0.5) is 0 Å². The van der Waals surface area contributed by atoms with Gasteiger partial charge in [0, 0.05) is 52.0 Å². The van der Waals surface area contributed by atoms with Crippen molar-refractivity contribution in [3.8, 4) is 23.0 Å². The minimum absolute atomic E-state index is 0.0283. The van der Waals surface area contributed by atoms with Gasteiger partial charge in [-0.25, -0.2) is 9.59 Å². The standard InChI is InChI=1S/C61H67NO15/c1-29(2)13-12-24-59(8)25-23-38-52(76-59)37(21-16-30(3)4)54-44(53(38)75-57(70)33-17-19-34(20-18-33)73-58-51(67)50(66)49(65)41(28-63)74-58)47-45-42(43-46(62-47)35-14-10-11-15-36(35)48(43)64)39-27-40(31(5)6)61(45,77-54)60(71,55(39)68)26-22-32(7)56(69)72-9/h10-11,13-20,22-23,25,31,39-43,49-51,58,63,65-67,71H,12,21,24,26-28H2,1-9H3/t39?,40?,41-,42?,43?,49-,50+,51-,58-,59?,60?,61?/m1/s1. The summed E-state index contributed by atoms with van der Waals surface area (Å²) in [7, 11) is 1.26. The lowest BCUT2D eigenvalue weighted by Crippen LogP contribution is -2.79. The van der Waals surface area contributed by atoms with Gasteiger partial charge in [-0.2, -0.15) is 0 Å². The van der Waals surface area contributed by atoms with Gasteiger partial charge in [-0.1, -0.05) is 67.5 Å². The average Bonchev–Trinajstić information content (AvgIpc) is 3.88. The Hall–Kier alpha value is -6.53. The van der Waals surface area contributed by atoms with Crippen LogP contribution in [0.1, 0.15) is 124 Å².